The Balaban J connectivity index is 0.00000225. The Bertz CT molecular complexity index is 685. The molecule has 7 heteroatoms. The van der Waals surface area contributed by atoms with Crippen LogP contribution in [0.15, 0.2) is 47.2 Å². The van der Waals surface area contributed by atoms with Gasteiger partial charge >= 0.3 is 0 Å². The van der Waals surface area contributed by atoms with Gasteiger partial charge in [-0.25, -0.2) is 0 Å². The van der Waals surface area contributed by atoms with Crippen LogP contribution in [0.2, 0.25) is 0 Å². The largest absolute Gasteiger partial charge is 0.342 e. The molecule has 1 amide bonds. The van der Waals surface area contributed by atoms with Gasteiger partial charge in [-0.1, -0.05) is 37.3 Å². The second-order valence-electron chi connectivity index (χ2n) is 6.42. The van der Waals surface area contributed by atoms with Crippen LogP contribution in [0.25, 0.3) is 0 Å². The van der Waals surface area contributed by atoms with Gasteiger partial charge in [0.05, 0.1) is 22.6 Å². The van der Waals surface area contributed by atoms with Crippen molar-refractivity contribution in [3.63, 3.8) is 0 Å². The van der Waals surface area contributed by atoms with Gasteiger partial charge in [-0.2, -0.15) is 5.10 Å². The predicted molar refractivity (Wildman–Crippen MR) is 105 cm³/mol. The summed E-state index contributed by atoms with van der Waals surface area (Å²) < 4.78 is 2.98. The topological polar surface area (TPSA) is 64.2 Å². The van der Waals surface area contributed by atoms with Crippen molar-refractivity contribution in [3.05, 3.63) is 52.8 Å². The van der Waals surface area contributed by atoms with Crippen molar-refractivity contribution in [2.45, 2.75) is 31.8 Å². The molecule has 1 saturated heterocycles. The number of amides is 1. The van der Waals surface area contributed by atoms with Crippen molar-refractivity contribution in [1.82, 2.24) is 14.7 Å². The highest BCUT2D eigenvalue weighted by Gasteiger charge is 2.30. The molecule has 25 heavy (non-hydrogen) atoms. The van der Waals surface area contributed by atoms with Gasteiger partial charge in [0.1, 0.15) is 0 Å². The number of benzene rings is 1. The van der Waals surface area contributed by atoms with Crippen LogP contribution in [-0.2, 0) is 4.79 Å². The van der Waals surface area contributed by atoms with Gasteiger partial charge in [-0.05, 0) is 34.3 Å². The molecule has 0 bridgehead atoms. The fourth-order valence-corrected chi connectivity index (χ4v) is 3.57. The minimum atomic E-state index is -0.265. The summed E-state index contributed by atoms with van der Waals surface area (Å²) in [4.78, 5) is 14.7. The molecule has 1 aliphatic heterocycles. The van der Waals surface area contributed by atoms with Crippen molar-refractivity contribution in [2.75, 3.05) is 13.1 Å². The van der Waals surface area contributed by atoms with E-state index in [1.54, 1.807) is 6.20 Å². The number of aromatic nitrogens is 2. The molecule has 1 fully saturated rings. The first-order valence-corrected chi connectivity index (χ1v) is 9.14. The number of carbonyl (C=O) groups excluding carboxylic acids is 1. The molecule has 0 spiro atoms. The molecule has 1 aromatic carbocycles. The Kier molecular flexibility index (Phi) is 7.04. The van der Waals surface area contributed by atoms with Crippen LogP contribution >= 0.6 is 28.3 Å². The van der Waals surface area contributed by atoms with Crippen LogP contribution in [0.5, 0.6) is 0 Å². The quantitative estimate of drug-likeness (QED) is 0.811. The van der Waals surface area contributed by atoms with Gasteiger partial charge in [-0.3, -0.25) is 9.48 Å². The Morgan fingerprint density at radius 3 is 2.48 bits per heavy atom. The number of rotatable bonds is 4. The Morgan fingerprint density at radius 1 is 1.28 bits per heavy atom. The van der Waals surface area contributed by atoms with Crippen LogP contribution in [0.4, 0.5) is 0 Å². The van der Waals surface area contributed by atoms with Crippen molar-refractivity contribution < 1.29 is 4.79 Å². The molecule has 3 rings (SSSR count). The lowest BCUT2D eigenvalue weighted by molar-refractivity contribution is -0.137. The standard InChI is InChI=1S/C18H23BrN4O.ClH/c1-13(17(20)14-5-3-2-4-6-14)18(24)22-9-7-16(8-10-22)23-12-15(19)11-21-23;/h2-6,11-13,16-17H,7-10,20H2,1H3;1H. The van der Waals surface area contributed by atoms with E-state index in [-0.39, 0.29) is 30.3 Å². The van der Waals surface area contributed by atoms with Gasteiger partial charge in [0, 0.05) is 25.3 Å². The van der Waals surface area contributed by atoms with Crippen LogP contribution in [0, 0.1) is 5.92 Å². The maximum atomic E-state index is 12.8. The van der Waals surface area contributed by atoms with E-state index in [9.17, 15) is 4.79 Å². The SMILES string of the molecule is CC(C(=O)N1CCC(n2cc(Br)cn2)CC1)C(N)c1ccccc1.Cl. The van der Waals surface area contributed by atoms with Crippen molar-refractivity contribution >= 4 is 34.2 Å². The summed E-state index contributed by atoms with van der Waals surface area (Å²) in [5.41, 5.74) is 7.31. The fourth-order valence-electron chi connectivity index (χ4n) is 3.27. The maximum absolute atomic E-state index is 12.8. The summed E-state index contributed by atoms with van der Waals surface area (Å²) in [7, 11) is 0. The number of piperidine rings is 1. The average Bonchev–Trinajstić information content (AvgIpc) is 3.07. The first-order valence-electron chi connectivity index (χ1n) is 8.35. The molecule has 2 heterocycles. The van der Waals surface area contributed by atoms with Crippen LogP contribution in [0.1, 0.15) is 37.4 Å². The lowest BCUT2D eigenvalue weighted by Gasteiger charge is -2.34. The summed E-state index contributed by atoms with van der Waals surface area (Å²) in [5.74, 6) is -0.0748. The summed E-state index contributed by atoms with van der Waals surface area (Å²) in [6.45, 7) is 3.44. The molecule has 0 saturated carbocycles. The molecular weight excluding hydrogens is 404 g/mol. The molecule has 0 radical (unpaired) electrons. The molecule has 1 aromatic heterocycles. The van der Waals surface area contributed by atoms with E-state index in [4.69, 9.17) is 5.73 Å². The molecule has 2 unspecified atom stereocenters. The van der Waals surface area contributed by atoms with E-state index in [0.717, 1.165) is 36.0 Å². The monoisotopic (exact) mass is 426 g/mol. The van der Waals surface area contributed by atoms with Gasteiger partial charge in [0.2, 0.25) is 5.91 Å². The van der Waals surface area contributed by atoms with Crippen molar-refractivity contribution in [1.29, 1.82) is 0 Å². The van der Waals surface area contributed by atoms with E-state index in [1.165, 1.54) is 0 Å². The Hall–Kier alpha value is -1.37. The molecule has 2 atom stereocenters. The Labute approximate surface area is 163 Å². The highest BCUT2D eigenvalue weighted by molar-refractivity contribution is 9.10. The number of nitrogens with two attached hydrogens (primary N) is 1. The predicted octanol–water partition coefficient (Wildman–Crippen LogP) is 3.57. The third-order valence-electron chi connectivity index (χ3n) is 4.83. The number of likely N-dealkylation sites (tertiary alicyclic amines) is 1. The normalized spacial score (nSPS) is 17.6. The molecule has 2 aromatic rings. The van der Waals surface area contributed by atoms with Crippen LogP contribution in [-0.4, -0.2) is 33.7 Å². The highest BCUT2D eigenvalue weighted by Crippen LogP contribution is 2.27. The zero-order valence-electron chi connectivity index (χ0n) is 14.2. The minimum absolute atomic E-state index is 0. The summed E-state index contributed by atoms with van der Waals surface area (Å²) in [6, 6.07) is 9.94. The minimum Gasteiger partial charge on any atom is -0.342 e. The molecule has 1 aliphatic rings. The van der Waals surface area contributed by atoms with E-state index >= 15 is 0 Å². The molecule has 136 valence electrons. The smallest absolute Gasteiger partial charge is 0.227 e. The van der Waals surface area contributed by atoms with Gasteiger partial charge in [-0.15, -0.1) is 12.4 Å². The van der Waals surface area contributed by atoms with Gasteiger partial charge in [0.25, 0.3) is 0 Å². The molecule has 0 aliphatic carbocycles. The molecule has 2 N–H and O–H groups in total. The van der Waals surface area contributed by atoms with Crippen LogP contribution < -0.4 is 5.73 Å². The average molecular weight is 428 g/mol. The summed E-state index contributed by atoms with van der Waals surface area (Å²) in [5, 5.41) is 4.36. The number of hydrogen-bond acceptors (Lipinski definition) is 3. The van der Waals surface area contributed by atoms with Crippen LogP contribution in [0.3, 0.4) is 0 Å². The van der Waals surface area contributed by atoms with E-state index in [2.05, 4.69) is 21.0 Å². The third-order valence-corrected chi connectivity index (χ3v) is 5.24. The second-order valence-corrected chi connectivity index (χ2v) is 7.34. The zero-order valence-corrected chi connectivity index (χ0v) is 16.6. The number of hydrogen-bond donors (Lipinski definition) is 1. The summed E-state index contributed by atoms with van der Waals surface area (Å²) in [6.07, 6.45) is 5.65. The van der Waals surface area contributed by atoms with Crippen molar-refractivity contribution in [2.24, 2.45) is 11.7 Å². The first-order chi connectivity index (χ1) is 11.6. The van der Waals surface area contributed by atoms with E-state index in [0.29, 0.717) is 6.04 Å². The molecular formula is C18H24BrClN4O. The van der Waals surface area contributed by atoms with E-state index in [1.807, 2.05) is 53.0 Å². The third kappa shape index (κ3) is 4.63. The number of nitrogens with zero attached hydrogens (tertiary/aromatic N) is 3. The highest BCUT2D eigenvalue weighted by atomic mass is 79.9. The second kappa shape index (κ2) is 8.83. The molecule has 5 nitrogen and oxygen atoms in total. The van der Waals surface area contributed by atoms with Crippen molar-refractivity contribution in [3.8, 4) is 0 Å². The number of halogens is 2. The summed E-state index contributed by atoms with van der Waals surface area (Å²) >= 11 is 3.43. The zero-order chi connectivity index (χ0) is 17.1. The Morgan fingerprint density at radius 2 is 1.92 bits per heavy atom. The maximum Gasteiger partial charge on any atom is 0.227 e. The lowest BCUT2D eigenvalue weighted by Crippen LogP contribution is -2.44. The van der Waals surface area contributed by atoms with Gasteiger partial charge in [0.15, 0.2) is 0 Å². The fraction of sp³-hybridized carbons (Fsp3) is 0.444. The lowest BCUT2D eigenvalue weighted by atomic mass is 9.93. The van der Waals surface area contributed by atoms with Gasteiger partial charge < -0.3 is 10.6 Å². The number of carbonyl (C=O) groups is 1. The first kappa shape index (κ1) is 19.9. The van der Waals surface area contributed by atoms with E-state index < -0.39 is 0 Å².